The number of para-hydroxylation sites is 1. The second-order valence-corrected chi connectivity index (χ2v) is 6.16. The number of ether oxygens (including phenoxy) is 2. The van der Waals surface area contributed by atoms with Gasteiger partial charge in [-0.15, -0.1) is 0 Å². The number of rotatable bonds is 7. The number of carboxylic acid groups (broad SMARTS) is 1. The smallest absolute Gasteiger partial charge is 0.332 e. The molecule has 136 valence electrons. The highest BCUT2D eigenvalue weighted by Gasteiger charge is 2.34. The minimum absolute atomic E-state index is 0.273. The number of carbonyl (C=O) groups excluding carboxylic acids is 1. The van der Waals surface area contributed by atoms with E-state index in [1.165, 1.54) is 0 Å². The molecule has 0 unspecified atom stereocenters. The van der Waals surface area contributed by atoms with Crippen molar-refractivity contribution in [1.29, 1.82) is 0 Å². The lowest BCUT2D eigenvalue weighted by Gasteiger charge is -2.12. The third kappa shape index (κ3) is 4.83. The first-order valence-electron chi connectivity index (χ1n) is 8.53. The minimum atomic E-state index is -1.02. The quantitative estimate of drug-likeness (QED) is 0.797. The van der Waals surface area contributed by atoms with Gasteiger partial charge in [0.25, 0.3) is 0 Å². The van der Waals surface area contributed by atoms with Gasteiger partial charge in [-0.25, -0.2) is 4.79 Å². The fourth-order valence-electron chi connectivity index (χ4n) is 2.75. The highest BCUT2D eigenvalue weighted by Crippen LogP contribution is 2.20. The van der Waals surface area contributed by atoms with E-state index in [1.807, 2.05) is 54.6 Å². The van der Waals surface area contributed by atoms with E-state index in [2.05, 4.69) is 5.32 Å². The molecule has 6 nitrogen and oxygen atoms in total. The fraction of sp³-hybridized carbons (Fsp3) is 0.300. The van der Waals surface area contributed by atoms with E-state index in [0.717, 1.165) is 16.9 Å². The molecule has 2 atom stereocenters. The topological polar surface area (TPSA) is 84.9 Å². The number of hydrogen-bond donors (Lipinski definition) is 2. The molecular weight excluding hydrogens is 334 g/mol. The van der Waals surface area contributed by atoms with Crippen molar-refractivity contribution in [3.8, 4) is 5.75 Å². The van der Waals surface area contributed by atoms with Crippen LogP contribution in [0.5, 0.6) is 5.75 Å². The standard InChI is InChI=1S/C20H21NO5/c22-19(17-10-11-18(26-17)20(23)24)21-12-14-6-8-15(9-7-14)13-25-16-4-2-1-3-5-16/h1-9,17-18H,10-13H2,(H,21,22)(H,23,24)/t17-,18+/m0/s1. The van der Waals surface area contributed by atoms with E-state index < -0.39 is 18.2 Å². The molecule has 1 aliphatic rings. The molecule has 0 aromatic heterocycles. The van der Waals surface area contributed by atoms with E-state index in [-0.39, 0.29) is 5.91 Å². The van der Waals surface area contributed by atoms with Crippen LogP contribution in [0.1, 0.15) is 24.0 Å². The van der Waals surface area contributed by atoms with Crippen LogP contribution < -0.4 is 10.1 Å². The van der Waals surface area contributed by atoms with Crippen molar-refractivity contribution in [2.75, 3.05) is 0 Å². The highest BCUT2D eigenvalue weighted by atomic mass is 16.5. The van der Waals surface area contributed by atoms with Crippen molar-refractivity contribution >= 4 is 11.9 Å². The lowest BCUT2D eigenvalue weighted by Crippen LogP contribution is -2.35. The Kier molecular flexibility index (Phi) is 5.86. The van der Waals surface area contributed by atoms with Crippen LogP contribution in [-0.4, -0.2) is 29.2 Å². The molecule has 2 aromatic rings. The number of aliphatic carboxylic acids is 1. The Labute approximate surface area is 151 Å². The fourth-order valence-corrected chi connectivity index (χ4v) is 2.75. The zero-order valence-electron chi connectivity index (χ0n) is 14.3. The predicted molar refractivity (Wildman–Crippen MR) is 94.6 cm³/mol. The Balaban J connectivity index is 1.44. The number of hydrogen-bond acceptors (Lipinski definition) is 4. The highest BCUT2D eigenvalue weighted by molar-refractivity contribution is 5.82. The van der Waals surface area contributed by atoms with Crippen LogP contribution in [0.3, 0.4) is 0 Å². The summed E-state index contributed by atoms with van der Waals surface area (Å²) in [6.07, 6.45) is -0.772. The van der Waals surface area contributed by atoms with Gasteiger partial charge in [0.2, 0.25) is 5.91 Å². The molecule has 0 saturated carbocycles. The van der Waals surface area contributed by atoms with Crippen molar-refractivity contribution in [3.05, 3.63) is 65.7 Å². The summed E-state index contributed by atoms with van der Waals surface area (Å²) in [5.74, 6) is -0.473. The number of carboxylic acids is 1. The van der Waals surface area contributed by atoms with E-state index in [0.29, 0.717) is 26.0 Å². The van der Waals surface area contributed by atoms with Gasteiger partial charge >= 0.3 is 5.97 Å². The van der Waals surface area contributed by atoms with Gasteiger partial charge in [-0.1, -0.05) is 42.5 Å². The first-order chi connectivity index (χ1) is 12.6. The van der Waals surface area contributed by atoms with Gasteiger partial charge in [0.05, 0.1) is 0 Å². The monoisotopic (exact) mass is 355 g/mol. The van der Waals surface area contributed by atoms with Gasteiger partial charge < -0.3 is 19.9 Å². The van der Waals surface area contributed by atoms with Crippen molar-refractivity contribution in [3.63, 3.8) is 0 Å². The zero-order valence-corrected chi connectivity index (χ0v) is 14.3. The summed E-state index contributed by atoms with van der Waals surface area (Å²) in [6, 6.07) is 17.4. The normalized spacial score (nSPS) is 19.1. The average Bonchev–Trinajstić information content (AvgIpc) is 3.17. The lowest BCUT2D eigenvalue weighted by molar-refractivity contribution is -0.151. The van der Waals surface area contributed by atoms with Crippen molar-refractivity contribution < 1.29 is 24.2 Å². The Hall–Kier alpha value is -2.86. The summed E-state index contributed by atoms with van der Waals surface area (Å²) in [5, 5.41) is 11.7. The second kappa shape index (κ2) is 8.49. The van der Waals surface area contributed by atoms with Crippen LogP contribution in [0.4, 0.5) is 0 Å². The van der Waals surface area contributed by atoms with Crippen LogP contribution in [0.2, 0.25) is 0 Å². The third-order valence-corrected chi connectivity index (χ3v) is 4.23. The summed E-state index contributed by atoms with van der Waals surface area (Å²) in [4.78, 5) is 22.9. The molecule has 1 aliphatic heterocycles. The number of carbonyl (C=O) groups is 2. The average molecular weight is 355 g/mol. The van der Waals surface area contributed by atoms with E-state index in [9.17, 15) is 9.59 Å². The van der Waals surface area contributed by atoms with Gasteiger partial charge in [0, 0.05) is 6.54 Å². The molecule has 6 heteroatoms. The summed E-state index contributed by atoms with van der Waals surface area (Å²) in [7, 11) is 0. The molecule has 1 amide bonds. The molecule has 26 heavy (non-hydrogen) atoms. The van der Waals surface area contributed by atoms with Gasteiger partial charge in [0.1, 0.15) is 18.5 Å². The first kappa shape index (κ1) is 17.9. The van der Waals surface area contributed by atoms with Crippen LogP contribution in [0, 0.1) is 0 Å². The van der Waals surface area contributed by atoms with E-state index in [4.69, 9.17) is 14.6 Å². The van der Waals surface area contributed by atoms with Crippen molar-refractivity contribution in [2.45, 2.75) is 38.2 Å². The first-order valence-corrected chi connectivity index (χ1v) is 8.53. The van der Waals surface area contributed by atoms with Crippen LogP contribution in [0.15, 0.2) is 54.6 Å². The summed E-state index contributed by atoms with van der Waals surface area (Å²) in [5.41, 5.74) is 1.99. The van der Waals surface area contributed by atoms with Crippen molar-refractivity contribution in [2.24, 2.45) is 0 Å². The molecule has 0 spiro atoms. The SMILES string of the molecule is O=C(NCc1ccc(COc2ccccc2)cc1)[C@@H]1CC[C@H](C(=O)O)O1. The number of amides is 1. The summed E-state index contributed by atoms with van der Waals surface area (Å²) in [6.45, 7) is 0.847. The van der Waals surface area contributed by atoms with Gasteiger partial charge in [-0.3, -0.25) is 4.79 Å². The van der Waals surface area contributed by atoms with Crippen LogP contribution >= 0.6 is 0 Å². The minimum Gasteiger partial charge on any atom is -0.489 e. The Morgan fingerprint density at radius 2 is 1.65 bits per heavy atom. The third-order valence-electron chi connectivity index (χ3n) is 4.23. The van der Waals surface area contributed by atoms with Crippen LogP contribution in [0.25, 0.3) is 0 Å². The molecule has 0 aliphatic carbocycles. The molecule has 0 radical (unpaired) electrons. The number of nitrogens with one attached hydrogen (secondary N) is 1. The largest absolute Gasteiger partial charge is 0.489 e. The molecule has 1 saturated heterocycles. The summed E-state index contributed by atoms with van der Waals surface area (Å²) >= 11 is 0. The molecule has 0 bridgehead atoms. The molecule has 1 fully saturated rings. The van der Waals surface area contributed by atoms with Gasteiger partial charge in [-0.05, 0) is 36.1 Å². The number of benzene rings is 2. The van der Waals surface area contributed by atoms with E-state index in [1.54, 1.807) is 0 Å². The van der Waals surface area contributed by atoms with Gasteiger partial charge in [-0.2, -0.15) is 0 Å². The second-order valence-electron chi connectivity index (χ2n) is 6.16. The molecular formula is C20H21NO5. The molecule has 3 rings (SSSR count). The van der Waals surface area contributed by atoms with Crippen LogP contribution in [-0.2, 0) is 27.5 Å². The molecule has 2 N–H and O–H groups in total. The molecule has 1 heterocycles. The predicted octanol–water partition coefficient (Wildman–Crippen LogP) is 2.51. The van der Waals surface area contributed by atoms with Gasteiger partial charge in [0.15, 0.2) is 6.10 Å². The molecule has 2 aromatic carbocycles. The maximum Gasteiger partial charge on any atom is 0.332 e. The van der Waals surface area contributed by atoms with E-state index >= 15 is 0 Å². The lowest BCUT2D eigenvalue weighted by atomic mass is 10.1. The zero-order chi connectivity index (χ0) is 18.4. The Morgan fingerprint density at radius 3 is 2.31 bits per heavy atom. The Bertz CT molecular complexity index is 745. The Morgan fingerprint density at radius 1 is 1.00 bits per heavy atom. The van der Waals surface area contributed by atoms with Crippen molar-refractivity contribution in [1.82, 2.24) is 5.32 Å². The maximum absolute atomic E-state index is 12.1. The summed E-state index contributed by atoms with van der Waals surface area (Å²) < 4.78 is 10.9. The maximum atomic E-state index is 12.1.